The summed E-state index contributed by atoms with van der Waals surface area (Å²) in [7, 11) is 0. The lowest BCUT2D eigenvalue weighted by Gasteiger charge is -2.21. The van der Waals surface area contributed by atoms with Crippen LogP contribution in [0.25, 0.3) is 22.8 Å². The van der Waals surface area contributed by atoms with Crippen LogP contribution in [0.4, 0.5) is 18.0 Å². The maximum absolute atomic E-state index is 13.0. The Kier molecular flexibility index (Phi) is 8.73. The number of alkyl halides is 3. The van der Waals surface area contributed by atoms with Crippen LogP contribution >= 0.6 is 11.3 Å². The van der Waals surface area contributed by atoms with Crippen molar-refractivity contribution >= 4 is 17.4 Å². The van der Waals surface area contributed by atoms with E-state index in [2.05, 4.69) is 25.1 Å². The molecule has 0 aliphatic rings. The average molecular weight is 621 g/mol. The predicted octanol–water partition coefficient (Wildman–Crippen LogP) is 7.41. The molecule has 1 N–H and O–H groups in total. The topological polar surface area (TPSA) is 86.3 Å². The van der Waals surface area contributed by atoms with Crippen molar-refractivity contribution in [1.29, 1.82) is 0 Å². The Balaban J connectivity index is 1.26. The molecule has 2 amide bonds. The lowest BCUT2D eigenvalue weighted by atomic mass is 9.93. The first kappa shape index (κ1) is 30.7. The highest BCUT2D eigenvalue weighted by Gasteiger charge is 2.31. The second-order valence-corrected chi connectivity index (χ2v) is 11.4. The van der Waals surface area contributed by atoms with Gasteiger partial charge in [0.1, 0.15) is 12.1 Å². The minimum absolute atomic E-state index is 0.0121. The second kappa shape index (κ2) is 12.5. The van der Waals surface area contributed by atoms with Crippen molar-refractivity contribution in [3.05, 3.63) is 106 Å². The summed E-state index contributed by atoms with van der Waals surface area (Å²) in [6.45, 7) is 10.1. The van der Waals surface area contributed by atoms with Gasteiger partial charge in [-0.3, -0.25) is 4.57 Å². The first-order valence-corrected chi connectivity index (χ1v) is 14.7. The molecule has 3 aromatic carbocycles. The van der Waals surface area contributed by atoms with E-state index in [1.165, 1.54) is 46.6 Å². The van der Waals surface area contributed by atoms with Crippen LogP contribution in [0.3, 0.4) is 0 Å². The molecule has 0 aliphatic carbocycles. The Morgan fingerprint density at radius 3 is 2.27 bits per heavy atom. The Morgan fingerprint density at radius 2 is 1.64 bits per heavy atom. The van der Waals surface area contributed by atoms with Gasteiger partial charge in [0.05, 0.1) is 11.4 Å². The SMILES string of the molecule is Cc1cccc(C)c1-n1c(C)csc1=NC(=O)NC(C)C(C)c1ccc(-c2ncn(-c3ccc(OC(F)(F)F)cc3)n2)cc1. The molecule has 0 saturated carbocycles. The van der Waals surface area contributed by atoms with E-state index in [0.717, 1.165) is 33.6 Å². The molecular formula is C32H31F3N6O2S. The molecular weight excluding hydrogens is 589 g/mol. The molecule has 228 valence electrons. The number of ether oxygens (including phenoxy) is 1. The zero-order valence-electron chi connectivity index (χ0n) is 24.8. The molecule has 5 rings (SSSR count). The number of rotatable bonds is 7. The molecule has 0 bridgehead atoms. The van der Waals surface area contributed by atoms with Crippen LogP contribution in [0, 0.1) is 20.8 Å². The number of benzene rings is 3. The van der Waals surface area contributed by atoms with E-state index in [1.807, 2.05) is 87.0 Å². The van der Waals surface area contributed by atoms with Gasteiger partial charge in [-0.2, -0.15) is 4.99 Å². The van der Waals surface area contributed by atoms with Gasteiger partial charge in [0, 0.05) is 28.6 Å². The van der Waals surface area contributed by atoms with Crippen molar-refractivity contribution in [2.24, 2.45) is 4.99 Å². The number of aryl methyl sites for hydroxylation is 3. The van der Waals surface area contributed by atoms with Crippen LogP contribution in [0.2, 0.25) is 0 Å². The van der Waals surface area contributed by atoms with E-state index in [-0.39, 0.29) is 17.7 Å². The number of nitrogens with zero attached hydrogens (tertiary/aromatic N) is 5. The summed E-state index contributed by atoms with van der Waals surface area (Å²) in [5.74, 6) is 0.137. The number of thiazole rings is 1. The summed E-state index contributed by atoms with van der Waals surface area (Å²) in [6, 6.07) is 18.6. The van der Waals surface area contributed by atoms with Gasteiger partial charge in [-0.1, -0.05) is 49.4 Å². The predicted molar refractivity (Wildman–Crippen MR) is 163 cm³/mol. The monoisotopic (exact) mass is 620 g/mol. The molecule has 2 unspecified atom stereocenters. The standard InChI is InChI=1S/C32H31F3N6O2S/c1-19-7-6-8-20(2)28(19)41-21(3)17-44-31(41)38-30(42)37-23(5)22(4)24-9-11-25(12-10-24)29-36-18-40(39-29)26-13-15-27(16-14-26)43-32(33,34)35/h6-18,22-23H,1-5H3,(H,37,42). The third kappa shape index (κ3) is 6.91. The van der Waals surface area contributed by atoms with Crippen molar-refractivity contribution in [3.63, 3.8) is 0 Å². The van der Waals surface area contributed by atoms with E-state index in [0.29, 0.717) is 16.3 Å². The van der Waals surface area contributed by atoms with Crippen LogP contribution < -0.4 is 14.9 Å². The van der Waals surface area contributed by atoms with E-state index in [1.54, 1.807) is 0 Å². The second-order valence-electron chi connectivity index (χ2n) is 10.6. The molecule has 0 radical (unpaired) electrons. The van der Waals surface area contributed by atoms with Gasteiger partial charge in [-0.25, -0.2) is 14.5 Å². The summed E-state index contributed by atoms with van der Waals surface area (Å²) in [4.78, 5) is 22.4. The lowest BCUT2D eigenvalue weighted by Crippen LogP contribution is -2.35. The van der Waals surface area contributed by atoms with E-state index in [4.69, 9.17) is 0 Å². The summed E-state index contributed by atoms with van der Waals surface area (Å²) in [5.41, 5.74) is 6.58. The van der Waals surface area contributed by atoms with Gasteiger partial charge in [0.15, 0.2) is 10.6 Å². The van der Waals surface area contributed by atoms with Crippen molar-refractivity contribution in [2.45, 2.75) is 52.9 Å². The maximum atomic E-state index is 13.0. The summed E-state index contributed by atoms with van der Waals surface area (Å²) in [5, 5.41) is 9.47. The summed E-state index contributed by atoms with van der Waals surface area (Å²) < 4.78 is 44.7. The zero-order chi connectivity index (χ0) is 31.6. The fourth-order valence-corrected chi connectivity index (χ4v) is 5.74. The number of amides is 2. The number of aromatic nitrogens is 4. The normalized spacial score (nSPS) is 13.5. The number of carbonyl (C=O) groups excluding carboxylic acids is 1. The number of nitrogens with one attached hydrogen (secondary N) is 1. The molecule has 0 aliphatic heterocycles. The van der Waals surface area contributed by atoms with Gasteiger partial charge in [-0.15, -0.1) is 29.6 Å². The number of carbonyl (C=O) groups is 1. The highest BCUT2D eigenvalue weighted by molar-refractivity contribution is 7.07. The number of urea groups is 1. The molecule has 0 saturated heterocycles. The van der Waals surface area contributed by atoms with Gasteiger partial charge < -0.3 is 10.1 Å². The Morgan fingerprint density at radius 1 is 0.977 bits per heavy atom. The van der Waals surface area contributed by atoms with Crippen molar-refractivity contribution in [1.82, 2.24) is 24.6 Å². The third-order valence-electron chi connectivity index (χ3n) is 7.36. The number of para-hydroxylation sites is 1. The summed E-state index contributed by atoms with van der Waals surface area (Å²) >= 11 is 1.43. The largest absolute Gasteiger partial charge is 0.573 e. The smallest absolute Gasteiger partial charge is 0.406 e. The Bertz CT molecular complexity index is 1820. The number of hydrogen-bond donors (Lipinski definition) is 1. The van der Waals surface area contributed by atoms with E-state index >= 15 is 0 Å². The van der Waals surface area contributed by atoms with Crippen molar-refractivity contribution < 1.29 is 22.7 Å². The fourth-order valence-electron chi connectivity index (χ4n) is 4.88. The zero-order valence-corrected chi connectivity index (χ0v) is 25.6. The van der Waals surface area contributed by atoms with Gasteiger partial charge >= 0.3 is 12.4 Å². The molecule has 2 heterocycles. The van der Waals surface area contributed by atoms with Crippen molar-refractivity contribution in [2.75, 3.05) is 0 Å². The van der Waals surface area contributed by atoms with E-state index < -0.39 is 12.4 Å². The van der Waals surface area contributed by atoms with Crippen LogP contribution in [0.5, 0.6) is 5.75 Å². The van der Waals surface area contributed by atoms with Gasteiger partial charge in [-0.05, 0) is 68.7 Å². The minimum atomic E-state index is -4.75. The number of hydrogen-bond acceptors (Lipinski definition) is 5. The van der Waals surface area contributed by atoms with Crippen LogP contribution in [0.1, 0.15) is 42.1 Å². The molecule has 0 fully saturated rings. The molecule has 44 heavy (non-hydrogen) atoms. The minimum Gasteiger partial charge on any atom is -0.406 e. The maximum Gasteiger partial charge on any atom is 0.573 e. The Labute approximate surface area is 256 Å². The van der Waals surface area contributed by atoms with Crippen LogP contribution in [-0.2, 0) is 0 Å². The number of halogens is 3. The van der Waals surface area contributed by atoms with Crippen molar-refractivity contribution in [3.8, 4) is 28.5 Å². The molecule has 2 aromatic heterocycles. The first-order chi connectivity index (χ1) is 20.9. The molecule has 8 nitrogen and oxygen atoms in total. The first-order valence-electron chi connectivity index (χ1n) is 13.9. The lowest BCUT2D eigenvalue weighted by molar-refractivity contribution is -0.274. The van der Waals surface area contributed by atoms with Crippen LogP contribution in [0.15, 0.2) is 83.4 Å². The van der Waals surface area contributed by atoms with Gasteiger partial charge in [0.2, 0.25) is 0 Å². The van der Waals surface area contributed by atoms with E-state index in [9.17, 15) is 18.0 Å². The molecule has 5 aromatic rings. The molecule has 0 spiro atoms. The Hall–Kier alpha value is -4.71. The highest BCUT2D eigenvalue weighted by Crippen LogP contribution is 2.26. The third-order valence-corrected chi connectivity index (χ3v) is 8.31. The average Bonchev–Trinajstić information content (AvgIpc) is 3.60. The summed E-state index contributed by atoms with van der Waals surface area (Å²) in [6.07, 6.45) is -3.26. The van der Waals surface area contributed by atoms with Gasteiger partial charge in [0.25, 0.3) is 0 Å². The molecule has 2 atom stereocenters. The molecule has 12 heteroatoms. The fraction of sp³-hybridized carbons (Fsp3) is 0.250. The van der Waals surface area contributed by atoms with Crippen LogP contribution in [-0.4, -0.2) is 37.8 Å². The quantitative estimate of drug-likeness (QED) is 0.205. The highest BCUT2D eigenvalue weighted by atomic mass is 32.1.